The molecule has 0 saturated carbocycles. The zero-order valence-electron chi connectivity index (χ0n) is 22.8. The molecular weight excluding hydrogens is 627 g/mol. The number of nitrogens with one attached hydrogen (secondary N) is 1. The van der Waals surface area contributed by atoms with Crippen LogP contribution in [0.2, 0.25) is 0 Å². The van der Waals surface area contributed by atoms with E-state index >= 15 is 0 Å². The van der Waals surface area contributed by atoms with Crippen LogP contribution in [0, 0.1) is 0 Å². The van der Waals surface area contributed by atoms with Crippen LogP contribution in [0.1, 0.15) is 29.4 Å². The monoisotopic (exact) mass is 654 g/mol. The highest BCUT2D eigenvalue weighted by molar-refractivity contribution is 7.47. The average Bonchev–Trinajstić information content (AvgIpc) is 3.74. The molecule has 4 aromatic heterocycles. The summed E-state index contributed by atoms with van der Waals surface area (Å²) < 4.78 is 37.1. The number of hydrogen-bond acceptors (Lipinski definition) is 17. The molecule has 9 atom stereocenters. The average molecular weight is 654 g/mol. The maximum absolute atomic E-state index is 13.0. The number of carbonyl (C=O) groups is 1. The summed E-state index contributed by atoms with van der Waals surface area (Å²) in [6, 6.07) is 0. The van der Waals surface area contributed by atoms with Gasteiger partial charge in [-0.15, -0.1) is 0 Å². The number of aromatic amines is 1. The van der Waals surface area contributed by atoms with Crippen LogP contribution >= 0.6 is 7.82 Å². The number of primary amides is 1. The lowest BCUT2D eigenvalue weighted by Gasteiger charge is -2.24. The van der Waals surface area contributed by atoms with Crippen LogP contribution in [0.5, 0.6) is 0 Å². The Kier molecular flexibility index (Phi) is 8.11. The normalized spacial score (nSPS) is 29.9. The quantitative estimate of drug-likeness (QED) is 0.0765. The molecule has 0 aromatic carbocycles. The Labute approximate surface area is 249 Å². The number of fused-ring (bicyclic) bond motifs is 2. The third-order valence-corrected chi connectivity index (χ3v) is 8.35. The third kappa shape index (κ3) is 5.56. The fraction of sp³-hybridized carbons (Fsp3) is 0.500. The molecule has 2 aliphatic rings. The minimum absolute atomic E-state index is 0.0509. The van der Waals surface area contributed by atoms with Gasteiger partial charge in [0.25, 0.3) is 11.5 Å². The molecular formula is C22H27N10O12P. The number of aliphatic hydroxyl groups is 4. The summed E-state index contributed by atoms with van der Waals surface area (Å²) in [4.78, 5) is 56.4. The standard InChI is InChI=1S/C22H27N10O12P/c23-16(37)9-10-17(26-4-25-9)31(5-27-10)20-14(36)12(34)7(42-20)1-2-41-45(39,40)44-15-13(35)8(3-33)43-21(15)32-6-28-11-18(32)29-22(24)30-19(11)38/h4-8,12-15,20-21,33-36H,1-3H2,(H2,23,37)(H,39,40)(H3,24,29,30,38)/t7-,8-,12-,13-,14-,15-,20-,21-/m1/s1. The third-order valence-electron chi connectivity index (χ3n) is 7.33. The highest BCUT2D eigenvalue weighted by Gasteiger charge is 2.50. The zero-order valence-corrected chi connectivity index (χ0v) is 23.7. The number of amides is 1. The Morgan fingerprint density at radius 2 is 1.69 bits per heavy atom. The van der Waals surface area contributed by atoms with Crippen LogP contribution in [0.3, 0.4) is 0 Å². The summed E-state index contributed by atoms with van der Waals surface area (Å²) in [6.45, 7) is -1.23. The lowest BCUT2D eigenvalue weighted by atomic mass is 10.1. The van der Waals surface area contributed by atoms with Crippen molar-refractivity contribution in [2.45, 2.75) is 55.5 Å². The predicted molar refractivity (Wildman–Crippen MR) is 145 cm³/mol. The van der Waals surface area contributed by atoms with E-state index in [-0.39, 0.29) is 40.4 Å². The van der Waals surface area contributed by atoms with E-state index in [0.717, 1.165) is 17.2 Å². The van der Waals surface area contributed by atoms with Gasteiger partial charge < -0.3 is 46.3 Å². The number of imidazole rings is 2. The van der Waals surface area contributed by atoms with Gasteiger partial charge in [-0.1, -0.05) is 0 Å². The lowest BCUT2D eigenvalue weighted by Crippen LogP contribution is -2.35. The van der Waals surface area contributed by atoms with Crippen molar-refractivity contribution in [3.05, 3.63) is 35.0 Å². The number of aromatic nitrogens is 8. The van der Waals surface area contributed by atoms with Crippen molar-refractivity contribution in [3.63, 3.8) is 0 Å². The number of rotatable bonds is 10. The largest absolute Gasteiger partial charge is 0.472 e. The highest BCUT2D eigenvalue weighted by Crippen LogP contribution is 2.49. The number of nitrogens with zero attached hydrogens (tertiary/aromatic N) is 7. The molecule has 6 rings (SSSR count). The SMILES string of the molecule is NC(=O)c1ncnc2c1ncn2[C@@H]1O[C@H](CCOP(=O)(O)O[C@@H]2[C@H](O)[C@@H](CO)O[C@H]2n2cnc3c(=O)[nH]c(N)nc32)[C@@H](O)[C@H]1O. The first-order valence-corrected chi connectivity index (χ1v) is 14.7. The minimum atomic E-state index is -4.98. The van der Waals surface area contributed by atoms with Crippen molar-refractivity contribution in [1.82, 2.24) is 39.0 Å². The van der Waals surface area contributed by atoms with E-state index in [4.69, 9.17) is 30.0 Å². The molecule has 1 unspecified atom stereocenters. The van der Waals surface area contributed by atoms with Gasteiger partial charge in [0.1, 0.15) is 42.4 Å². The summed E-state index contributed by atoms with van der Waals surface area (Å²) in [6.07, 6.45) is -8.06. The number of nitrogen functional groups attached to an aromatic ring is 1. The Morgan fingerprint density at radius 1 is 1.00 bits per heavy atom. The van der Waals surface area contributed by atoms with E-state index in [1.54, 1.807) is 0 Å². The van der Waals surface area contributed by atoms with E-state index < -0.39 is 81.6 Å². The van der Waals surface area contributed by atoms with Crippen molar-refractivity contribution in [2.75, 3.05) is 18.9 Å². The first kappa shape index (κ1) is 31.0. The van der Waals surface area contributed by atoms with Gasteiger partial charge in [0.15, 0.2) is 35.0 Å². The molecule has 45 heavy (non-hydrogen) atoms. The van der Waals surface area contributed by atoms with Crippen LogP contribution in [-0.2, 0) is 23.1 Å². The van der Waals surface area contributed by atoms with E-state index in [0.29, 0.717) is 0 Å². The molecule has 2 saturated heterocycles. The second-order valence-electron chi connectivity index (χ2n) is 10.1. The molecule has 23 heteroatoms. The smallest absolute Gasteiger partial charge is 0.394 e. The molecule has 242 valence electrons. The Morgan fingerprint density at radius 3 is 2.40 bits per heavy atom. The Balaban J connectivity index is 1.14. The number of nitrogens with two attached hydrogens (primary N) is 2. The number of aliphatic hydroxyl groups excluding tert-OH is 4. The van der Waals surface area contributed by atoms with Crippen LogP contribution in [0.4, 0.5) is 5.95 Å². The van der Waals surface area contributed by atoms with E-state index in [2.05, 4.69) is 29.9 Å². The van der Waals surface area contributed by atoms with Crippen molar-refractivity contribution in [2.24, 2.45) is 5.73 Å². The zero-order chi connectivity index (χ0) is 32.2. The lowest BCUT2D eigenvalue weighted by molar-refractivity contribution is -0.0529. The van der Waals surface area contributed by atoms with Crippen LogP contribution in [0.25, 0.3) is 22.3 Å². The van der Waals surface area contributed by atoms with Crippen molar-refractivity contribution >= 4 is 42.0 Å². The number of phosphoric ester groups is 1. The van der Waals surface area contributed by atoms with Gasteiger partial charge in [-0.05, 0) is 0 Å². The Bertz CT molecular complexity index is 1850. The molecule has 1 amide bonds. The van der Waals surface area contributed by atoms with Gasteiger partial charge in [-0.2, -0.15) is 4.98 Å². The van der Waals surface area contributed by atoms with Crippen molar-refractivity contribution in [3.8, 4) is 0 Å². The van der Waals surface area contributed by atoms with Gasteiger partial charge in [0, 0.05) is 6.42 Å². The fourth-order valence-corrected chi connectivity index (χ4v) is 6.15. The minimum Gasteiger partial charge on any atom is -0.394 e. The number of hydrogen-bond donors (Lipinski definition) is 8. The molecule has 22 nitrogen and oxygen atoms in total. The summed E-state index contributed by atoms with van der Waals surface area (Å²) in [5.74, 6) is -1.11. The molecule has 2 fully saturated rings. The first-order chi connectivity index (χ1) is 21.4. The Hall–Kier alpha value is -3.96. The second-order valence-corrected chi connectivity index (χ2v) is 11.5. The van der Waals surface area contributed by atoms with Gasteiger partial charge in [0.05, 0.1) is 32.0 Å². The molecule has 4 aromatic rings. The van der Waals surface area contributed by atoms with E-state index in [1.165, 1.54) is 10.9 Å². The molecule has 0 bridgehead atoms. The summed E-state index contributed by atoms with van der Waals surface area (Å²) in [5.41, 5.74) is 10.0. The molecule has 10 N–H and O–H groups in total. The predicted octanol–water partition coefficient (Wildman–Crippen LogP) is -3.60. The van der Waals surface area contributed by atoms with Crippen molar-refractivity contribution in [1.29, 1.82) is 0 Å². The number of ether oxygens (including phenoxy) is 2. The summed E-state index contributed by atoms with van der Waals surface area (Å²) in [7, 11) is -4.98. The molecule has 0 aliphatic carbocycles. The number of H-pyrrole nitrogens is 1. The first-order valence-electron chi connectivity index (χ1n) is 13.2. The van der Waals surface area contributed by atoms with E-state index in [9.17, 15) is 39.5 Å². The maximum atomic E-state index is 13.0. The highest BCUT2D eigenvalue weighted by atomic mass is 31.2. The van der Waals surface area contributed by atoms with E-state index in [1.807, 2.05) is 0 Å². The van der Waals surface area contributed by atoms with Gasteiger partial charge in [0.2, 0.25) is 5.95 Å². The second kappa shape index (κ2) is 11.8. The van der Waals surface area contributed by atoms with Crippen LogP contribution < -0.4 is 17.0 Å². The van der Waals surface area contributed by atoms with Crippen LogP contribution in [-0.4, -0.2) is 120 Å². The van der Waals surface area contributed by atoms with Crippen molar-refractivity contribution < 1.29 is 53.2 Å². The van der Waals surface area contributed by atoms with Gasteiger partial charge >= 0.3 is 7.82 Å². The molecule has 0 radical (unpaired) electrons. The molecule has 6 heterocycles. The van der Waals surface area contributed by atoms with Gasteiger partial charge in [-0.25, -0.2) is 24.5 Å². The summed E-state index contributed by atoms with van der Waals surface area (Å²) >= 11 is 0. The van der Waals surface area contributed by atoms with Gasteiger partial charge in [-0.3, -0.25) is 32.8 Å². The van der Waals surface area contributed by atoms with Crippen LogP contribution in [0.15, 0.2) is 23.8 Å². The topological polar surface area (TPSA) is 331 Å². The molecule has 2 aliphatic heterocycles. The fourth-order valence-electron chi connectivity index (χ4n) is 5.22. The maximum Gasteiger partial charge on any atom is 0.472 e. The summed E-state index contributed by atoms with van der Waals surface area (Å²) in [5, 5.41) is 41.6. The number of phosphoric acid groups is 1. The number of anilines is 1. The number of carbonyl (C=O) groups excluding carboxylic acids is 1. The molecule has 0 spiro atoms.